The van der Waals surface area contributed by atoms with Crippen molar-refractivity contribution in [1.29, 1.82) is 5.26 Å². The average Bonchev–Trinajstić information content (AvgIpc) is 2.80. The van der Waals surface area contributed by atoms with Gasteiger partial charge in [-0.15, -0.1) is 0 Å². The van der Waals surface area contributed by atoms with Gasteiger partial charge in [-0.1, -0.05) is 25.1 Å². The van der Waals surface area contributed by atoms with E-state index >= 15 is 0 Å². The lowest BCUT2D eigenvalue weighted by Crippen LogP contribution is -2.52. The number of urea groups is 1. The van der Waals surface area contributed by atoms with Gasteiger partial charge in [-0.05, 0) is 55.2 Å². The molecule has 0 aromatic heterocycles. The summed E-state index contributed by atoms with van der Waals surface area (Å²) < 4.78 is 40.1. The average molecular weight is 453 g/mol. The van der Waals surface area contributed by atoms with Crippen LogP contribution < -0.4 is 4.90 Å². The number of alkyl halides is 3. The number of halogens is 3. The maximum Gasteiger partial charge on any atom is 0.416 e. The number of nitrogens with zero attached hydrogens (tertiary/aromatic N) is 3. The molecule has 0 fully saturated rings. The van der Waals surface area contributed by atoms with Crippen molar-refractivity contribution in [1.82, 2.24) is 4.90 Å². The Kier molecular flexibility index (Phi) is 5.98. The van der Waals surface area contributed by atoms with Crippen molar-refractivity contribution in [2.45, 2.75) is 44.8 Å². The van der Waals surface area contributed by atoms with Gasteiger partial charge in [0.25, 0.3) is 0 Å². The number of carbonyl (C=O) groups is 2. The van der Waals surface area contributed by atoms with Gasteiger partial charge in [-0.2, -0.15) is 18.4 Å². The molecule has 33 heavy (non-hydrogen) atoms. The summed E-state index contributed by atoms with van der Waals surface area (Å²) in [4.78, 5) is 29.7. The molecular weight excluding hydrogens is 431 g/mol. The third-order valence-corrected chi connectivity index (χ3v) is 5.97. The van der Waals surface area contributed by atoms with Crippen LogP contribution in [0.25, 0.3) is 0 Å². The van der Waals surface area contributed by atoms with Crippen LogP contribution in [0.2, 0.25) is 0 Å². The largest absolute Gasteiger partial charge is 0.416 e. The van der Waals surface area contributed by atoms with Crippen LogP contribution in [0.15, 0.2) is 59.8 Å². The fraction of sp³-hybridized carbons (Fsp3) is 0.320. The summed E-state index contributed by atoms with van der Waals surface area (Å²) in [6.07, 6.45) is -2.70. The van der Waals surface area contributed by atoms with Gasteiger partial charge in [0.15, 0.2) is 5.78 Å². The van der Waals surface area contributed by atoms with E-state index < -0.39 is 23.8 Å². The Hall–Kier alpha value is -3.60. The van der Waals surface area contributed by atoms with E-state index in [1.807, 2.05) is 6.92 Å². The molecule has 8 heteroatoms. The molecule has 1 unspecified atom stereocenters. The van der Waals surface area contributed by atoms with Crippen LogP contribution in [-0.4, -0.2) is 23.3 Å². The molecule has 0 saturated carbocycles. The van der Waals surface area contributed by atoms with Crippen LogP contribution in [0.5, 0.6) is 0 Å². The minimum atomic E-state index is -4.55. The van der Waals surface area contributed by atoms with Gasteiger partial charge in [0.1, 0.15) is 0 Å². The van der Waals surface area contributed by atoms with E-state index in [4.69, 9.17) is 5.26 Å². The molecule has 2 amide bonds. The zero-order valence-corrected chi connectivity index (χ0v) is 18.0. The summed E-state index contributed by atoms with van der Waals surface area (Å²) in [7, 11) is 0. The fourth-order valence-corrected chi connectivity index (χ4v) is 4.54. The fourth-order valence-electron chi connectivity index (χ4n) is 4.54. The third kappa shape index (κ3) is 4.11. The minimum Gasteiger partial charge on any atom is -0.313 e. The van der Waals surface area contributed by atoms with Crippen LogP contribution in [-0.2, 0) is 11.0 Å². The molecule has 1 aliphatic heterocycles. The van der Waals surface area contributed by atoms with Crippen LogP contribution in [0.1, 0.15) is 55.3 Å². The number of amides is 2. The van der Waals surface area contributed by atoms with E-state index in [0.717, 1.165) is 12.1 Å². The van der Waals surface area contributed by atoms with Crippen molar-refractivity contribution in [3.8, 4) is 6.07 Å². The van der Waals surface area contributed by atoms with Crippen LogP contribution in [0.3, 0.4) is 0 Å². The first-order valence-corrected chi connectivity index (χ1v) is 10.8. The molecule has 2 aliphatic rings. The topological polar surface area (TPSA) is 64.4 Å². The molecule has 2 aromatic rings. The monoisotopic (exact) mass is 453 g/mol. The molecule has 0 bridgehead atoms. The summed E-state index contributed by atoms with van der Waals surface area (Å²) >= 11 is 0. The Balaban J connectivity index is 1.91. The number of benzene rings is 2. The Morgan fingerprint density at radius 2 is 1.82 bits per heavy atom. The number of carbonyl (C=O) groups excluding carboxylic acids is 2. The molecule has 4 rings (SSSR count). The maximum atomic E-state index is 13.7. The smallest absolute Gasteiger partial charge is 0.313 e. The number of hydrogen-bond acceptors (Lipinski definition) is 3. The second-order valence-corrected chi connectivity index (χ2v) is 8.13. The third-order valence-electron chi connectivity index (χ3n) is 5.97. The number of Topliss-reactive ketones (excluding diaryl/α,β-unsaturated/α-hetero) is 1. The Bertz CT molecular complexity index is 1160. The van der Waals surface area contributed by atoms with Gasteiger partial charge in [0.05, 0.1) is 28.9 Å². The first-order valence-electron chi connectivity index (χ1n) is 10.8. The second kappa shape index (κ2) is 8.74. The molecule has 0 saturated heterocycles. The van der Waals surface area contributed by atoms with E-state index in [9.17, 15) is 22.8 Å². The van der Waals surface area contributed by atoms with Gasteiger partial charge >= 0.3 is 12.2 Å². The van der Waals surface area contributed by atoms with Crippen LogP contribution in [0.4, 0.5) is 23.7 Å². The number of ketones is 1. The normalized spacial score (nSPS) is 18.9. The number of allylic oxidation sites excluding steroid dienone is 1. The number of rotatable bonds is 4. The first kappa shape index (κ1) is 22.6. The van der Waals surface area contributed by atoms with Crippen LogP contribution >= 0.6 is 0 Å². The summed E-state index contributed by atoms with van der Waals surface area (Å²) in [5.41, 5.74) is 1.29. The Morgan fingerprint density at radius 3 is 2.45 bits per heavy atom. The zero-order valence-electron chi connectivity index (χ0n) is 18.0. The lowest BCUT2D eigenvalue weighted by molar-refractivity contribution is -0.137. The summed E-state index contributed by atoms with van der Waals surface area (Å²) in [5.74, 6) is -0.115. The van der Waals surface area contributed by atoms with Gasteiger partial charge in [-0.3, -0.25) is 9.69 Å². The van der Waals surface area contributed by atoms with Crippen molar-refractivity contribution >= 4 is 17.5 Å². The highest BCUT2D eigenvalue weighted by atomic mass is 19.4. The molecule has 170 valence electrons. The molecule has 0 spiro atoms. The number of hydrogen-bond donors (Lipinski definition) is 0. The predicted molar refractivity (Wildman–Crippen MR) is 116 cm³/mol. The number of nitriles is 1. The van der Waals surface area contributed by atoms with Gasteiger partial charge in [0, 0.05) is 24.2 Å². The predicted octanol–water partition coefficient (Wildman–Crippen LogP) is 5.98. The standard InChI is InChI=1S/C25H22F3N3O2/c1-2-13-30-23(17-11-9-16(15-29)10-12-17)22-20(7-4-8-21(22)32)31(24(30)33)19-6-3-5-18(14-19)25(26,27)28/h3,5-6,9-12,14,23H,2,4,7-8,13H2,1H3. The zero-order chi connectivity index (χ0) is 23.8. The SMILES string of the molecule is CCCN1C(=O)N(c2cccc(C(F)(F)F)c2)C2=C(C(=O)CCC2)C1c1ccc(C#N)cc1. The second-order valence-electron chi connectivity index (χ2n) is 8.13. The minimum absolute atomic E-state index is 0.0939. The summed E-state index contributed by atoms with van der Waals surface area (Å²) in [5, 5.41) is 9.12. The van der Waals surface area contributed by atoms with Crippen molar-refractivity contribution < 1.29 is 22.8 Å². The molecule has 0 radical (unpaired) electrons. The van der Waals surface area contributed by atoms with E-state index in [1.165, 1.54) is 17.0 Å². The van der Waals surface area contributed by atoms with Gasteiger partial charge in [0.2, 0.25) is 0 Å². The van der Waals surface area contributed by atoms with Crippen molar-refractivity contribution in [2.24, 2.45) is 0 Å². The molecule has 1 atom stereocenters. The van der Waals surface area contributed by atoms with Crippen LogP contribution in [0, 0.1) is 11.3 Å². The molecule has 2 aromatic carbocycles. The molecule has 1 aliphatic carbocycles. The highest BCUT2D eigenvalue weighted by Gasteiger charge is 2.44. The Labute approximate surface area is 189 Å². The lowest BCUT2D eigenvalue weighted by Gasteiger charge is -2.45. The van der Waals surface area contributed by atoms with Crippen molar-refractivity contribution in [3.05, 3.63) is 76.5 Å². The van der Waals surface area contributed by atoms with E-state index in [-0.39, 0.29) is 11.5 Å². The molecule has 0 N–H and O–H groups in total. The van der Waals surface area contributed by atoms with Crippen molar-refractivity contribution in [2.75, 3.05) is 11.4 Å². The first-order chi connectivity index (χ1) is 15.8. The summed E-state index contributed by atoms with van der Waals surface area (Å²) in [6, 6.07) is 12.3. The molecule has 5 nitrogen and oxygen atoms in total. The van der Waals surface area contributed by atoms with Gasteiger partial charge in [-0.25, -0.2) is 4.79 Å². The summed E-state index contributed by atoms with van der Waals surface area (Å²) in [6.45, 7) is 2.22. The number of anilines is 1. The highest BCUT2D eigenvalue weighted by molar-refractivity contribution is 6.06. The van der Waals surface area contributed by atoms with E-state index in [1.54, 1.807) is 29.2 Å². The van der Waals surface area contributed by atoms with Gasteiger partial charge < -0.3 is 4.90 Å². The van der Waals surface area contributed by atoms with Crippen molar-refractivity contribution in [3.63, 3.8) is 0 Å². The van der Waals surface area contributed by atoms with E-state index in [2.05, 4.69) is 6.07 Å². The Morgan fingerprint density at radius 1 is 1.09 bits per heavy atom. The molecular formula is C25H22F3N3O2. The molecule has 1 heterocycles. The quantitative estimate of drug-likeness (QED) is 0.572. The highest BCUT2D eigenvalue weighted by Crippen LogP contribution is 2.44. The van der Waals surface area contributed by atoms with E-state index in [0.29, 0.717) is 54.6 Å². The maximum absolute atomic E-state index is 13.7. The lowest BCUT2D eigenvalue weighted by atomic mass is 9.83.